The van der Waals surface area contributed by atoms with Crippen molar-refractivity contribution in [2.75, 3.05) is 13.6 Å². The second kappa shape index (κ2) is 8.54. The Labute approximate surface area is 160 Å². The fraction of sp³-hybridized carbons (Fsp3) is 0.350. The largest absolute Gasteiger partial charge is 0.338 e. The summed E-state index contributed by atoms with van der Waals surface area (Å²) in [6.45, 7) is 0.749. The van der Waals surface area contributed by atoms with Gasteiger partial charge in [-0.3, -0.25) is 0 Å². The molecule has 27 heavy (non-hydrogen) atoms. The Morgan fingerprint density at radius 2 is 1.63 bits per heavy atom. The maximum Gasteiger partial charge on any atom is 0.315 e. The maximum absolute atomic E-state index is 12.1. The second-order valence-electron chi connectivity index (χ2n) is 6.76. The summed E-state index contributed by atoms with van der Waals surface area (Å²) in [7, 11) is -2.18. The van der Waals surface area contributed by atoms with Gasteiger partial charge in [-0.15, -0.1) is 0 Å². The Bertz CT molecular complexity index is 887. The van der Waals surface area contributed by atoms with E-state index in [0.717, 1.165) is 19.3 Å². The molecule has 6 nitrogen and oxygen atoms in total. The number of carbonyl (C=O) groups is 1. The predicted octanol–water partition coefficient (Wildman–Crippen LogP) is 2.20. The van der Waals surface area contributed by atoms with Crippen LogP contribution in [0.3, 0.4) is 0 Å². The van der Waals surface area contributed by atoms with Crippen molar-refractivity contribution in [1.82, 2.24) is 15.4 Å². The minimum atomic E-state index is -3.55. The molecule has 2 amide bonds. The topological polar surface area (TPSA) is 87.3 Å². The lowest BCUT2D eigenvalue weighted by atomic mass is 10.0. The molecule has 0 aromatic heterocycles. The van der Waals surface area contributed by atoms with Crippen LogP contribution in [0.5, 0.6) is 0 Å². The van der Waals surface area contributed by atoms with E-state index in [0.29, 0.717) is 18.0 Å². The van der Waals surface area contributed by atoms with Gasteiger partial charge in [-0.25, -0.2) is 17.9 Å². The Kier molecular flexibility index (Phi) is 6.13. The van der Waals surface area contributed by atoms with Crippen LogP contribution in [-0.2, 0) is 29.4 Å². The number of carbonyl (C=O) groups excluding carboxylic acids is 1. The molecule has 3 rings (SSSR count). The van der Waals surface area contributed by atoms with E-state index >= 15 is 0 Å². The van der Waals surface area contributed by atoms with Crippen LogP contribution < -0.4 is 15.4 Å². The molecule has 0 fully saturated rings. The molecule has 0 saturated heterocycles. The zero-order valence-electron chi connectivity index (χ0n) is 15.4. The number of sulfonamides is 1. The molecule has 2 aromatic carbocycles. The van der Waals surface area contributed by atoms with Crippen molar-refractivity contribution in [3.05, 3.63) is 65.2 Å². The highest BCUT2D eigenvalue weighted by Gasteiger charge is 2.20. The summed E-state index contributed by atoms with van der Waals surface area (Å²) in [6.07, 6.45) is 3.05. The van der Waals surface area contributed by atoms with E-state index in [4.69, 9.17) is 0 Å². The summed E-state index contributed by atoms with van der Waals surface area (Å²) in [5.74, 6) is 0.559. The highest BCUT2D eigenvalue weighted by Crippen LogP contribution is 2.28. The van der Waals surface area contributed by atoms with Crippen LogP contribution in [-0.4, -0.2) is 28.0 Å². The van der Waals surface area contributed by atoms with Crippen LogP contribution in [0.1, 0.15) is 23.1 Å². The minimum absolute atomic E-state index is 0.151. The smallest absolute Gasteiger partial charge is 0.315 e. The Morgan fingerprint density at radius 3 is 2.30 bits per heavy atom. The molecule has 7 heteroatoms. The van der Waals surface area contributed by atoms with Crippen LogP contribution in [0.2, 0.25) is 0 Å². The molecule has 0 heterocycles. The summed E-state index contributed by atoms with van der Waals surface area (Å²) in [5.41, 5.74) is 3.37. The van der Waals surface area contributed by atoms with E-state index in [9.17, 15) is 13.2 Å². The van der Waals surface area contributed by atoms with Gasteiger partial charge in [0.05, 0.1) is 4.90 Å². The minimum Gasteiger partial charge on any atom is -0.338 e. The first-order valence-electron chi connectivity index (χ1n) is 9.09. The molecule has 0 bridgehead atoms. The molecular formula is C20H25N3O3S. The van der Waals surface area contributed by atoms with Crippen molar-refractivity contribution in [1.29, 1.82) is 0 Å². The van der Waals surface area contributed by atoms with E-state index in [1.165, 1.54) is 24.2 Å². The van der Waals surface area contributed by atoms with Gasteiger partial charge in [0.2, 0.25) is 10.0 Å². The number of benzene rings is 2. The van der Waals surface area contributed by atoms with Gasteiger partial charge in [0.1, 0.15) is 0 Å². The molecule has 0 saturated carbocycles. The lowest BCUT2D eigenvalue weighted by molar-refractivity contribution is 0.239. The van der Waals surface area contributed by atoms with Gasteiger partial charge in [-0.1, -0.05) is 42.5 Å². The molecule has 0 unspecified atom stereocenters. The first-order valence-corrected chi connectivity index (χ1v) is 10.6. The average molecular weight is 388 g/mol. The van der Waals surface area contributed by atoms with E-state index in [-0.39, 0.29) is 17.5 Å². The zero-order valence-corrected chi connectivity index (χ0v) is 16.2. The first-order chi connectivity index (χ1) is 13.0. The lowest BCUT2D eigenvalue weighted by Gasteiger charge is -2.13. The third-order valence-electron chi connectivity index (χ3n) is 4.94. The summed E-state index contributed by atoms with van der Waals surface area (Å²) in [4.78, 5) is 12.2. The molecule has 2 aromatic rings. The van der Waals surface area contributed by atoms with Gasteiger partial charge in [-0.2, -0.15) is 0 Å². The van der Waals surface area contributed by atoms with E-state index in [2.05, 4.69) is 39.6 Å². The van der Waals surface area contributed by atoms with E-state index in [1.54, 1.807) is 18.2 Å². The Morgan fingerprint density at radius 1 is 1.00 bits per heavy atom. The Hall–Kier alpha value is -2.38. The third-order valence-corrected chi connectivity index (χ3v) is 6.46. The molecule has 0 aliphatic heterocycles. The third kappa shape index (κ3) is 4.87. The number of fused-ring (bicyclic) bond motifs is 1. The summed E-state index contributed by atoms with van der Waals surface area (Å²) in [6, 6.07) is 14.8. The first kappa shape index (κ1) is 19.4. The number of nitrogens with one attached hydrogen (secondary N) is 3. The van der Waals surface area contributed by atoms with Gasteiger partial charge < -0.3 is 10.6 Å². The molecule has 0 atom stereocenters. The van der Waals surface area contributed by atoms with Gasteiger partial charge >= 0.3 is 6.03 Å². The van der Waals surface area contributed by atoms with Gasteiger partial charge in [0.25, 0.3) is 0 Å². The van der Waals surface area contributed by atoms with Crippen LogP contribution in [0.25, 0.3) is 0 Å². The lowest BCUT2D eigenvalue weighted by Crippen LogP contribution is -2.36. The number of urea groups is 1. The van der Waals surface area contributed by atoms with E-state index < -0.39 is 10.0 Å². The zero-order chi connectivity index (χ0) is 19.3. The summed E-state index contributed by atoms with van der Waals surface area (Å²) in [5, 5.41) is 5.60. The standard InChI is InChI=1S/C20H25N3O3S/c1-21-27(25,26)19-9-5-4-8-18(19)14-23-20(24)22-11-10-15-12-16-6-2-3-7-17(16)13-15/h2-9,15,21H,10-14H2,1H3,(H2,22,23,24). The van der Waals surface area contributed by atoms with Crippen molar-refractivity contribution in [3.63, 3.8) is 0 Å². The fourth-order valence-corrected chi connectivity index (χ4v) is 4.47. The van der Waals surface area contributed by atoms with Gasteiger partial charge in [-0.05, 0) is 55.0 Å². The Balaban J connectivity index is 1.45. The van der Waals surface area contributed by atoms with E-state index in [1.807, 2.05) is 0 Å². The van der Waals surface area contributed by atoms with Crippen molar-refractivity contribution in [2.45, 2.75) is 30.7 Å². The molecule has 0 spiro atoms. The van der Waals surface area contributed by atoms with Crippen LogP contribution in [0, 0.1) is 5.92 Å². The quantitative estimate of drug-likeness (QED) is 0.681. The highest BCUT2D eigenvalue weighted by molar-refractivity contribution is 7.89. The van der Waals surface area contributed by atoms with Gasteiger partial charge in [0.15, 0.2) is 0 Å². The van der Waals surface area contributed by atoms with Crippen molar-refractivity contribution >= 4 is 16.1 Å². The molecule has 1 aliphatic rings. The second-order valence-corrected chi connectivity index (χ2v) is 8.61. The van der Waals surface area contributed by atoms with Crippen LogP contribution >= 0.6 is 0 Å². The van der Waals surface area contributed by atoms with Crippen molar-refractivity contribution in [2.24, 2.45) is 5.92 Å². The molecular weight excluding hydrogens is 362 g/mol. The number of hydrogen-bond donors (Lipinski definition) is 3. The fourth-order valence-electron chi connectivity index (χ4n) is 3.50. The van der Waals surface area contributed by atoms with Crippen LogP contribution in [0.15, 0.2) is 53.4 Å². The number of amides is 2. The maximum atomic E-state index is 12.1. The molecule has 0 radical (unpaired) electrons. The molecule has 3 N–H and O–H groups in total. The van der Waals surface area contributed by atoms with Crippen LogP contribution in [0.4, 0.5) is 4.79 Å². The number of hydrogen-bond acceptors (Lipinski definition) is 3. The average Bonchev–Trinajstić information content (AvgIpc) is 3.09. The predicted molar refractivity (Wildman–Crippen MR) is 105 cm³/mol. The summed E-state index contributed by atoms with van der Waals surface area (Å²) < 4.78 is 26.4. The normalized spacial score (nSPS) is 14.0. The molecule has 144 valence electrons. The van der Waals surface area contributed by atoms with Crippen molar-refractivity contribution < 1.29 is 13.2 Å². The number of rotatable bonds is 7. The highest BCUT2D eigenvalue weighted by atomic mass is 32.2. The van der Waals surface area contributed by atoms with Crippen molar-refractivity contribution in [3.8, 4) is 0 Å². The summed E-state index contributed by atoms with van der Waals surface area (Å²) >= 11 is 0. The monoisotopic (exact) mass is 387 g/mol. The van der Waals surface area contributed by atoms with Gasteiger partial charge in [0, 0.05) is 13.1 Å². The molecule has 1 aliphatic carbocycles. The SMILES string of the molecule is CNS(=O)(=O)c1ccccc1CNC(=O)NCCC1Cc2ccccc2C1.